The van der Waals surface area contributed by atoms with Crippen LogP contribution < -0.4 is 5.32 Å². The monoisotopic (exact) mass is 285 g/mol. The first kappa shape index (κ1) is 16.2. The molecular formula is C16H32FN3. The molecule has 20 heavy (non-hydrogen) atoms. The summed E-state index contributed by atoms with van der Waals surface area (Å²) in [6.45, 7) is 15.4. The third-order valence-electron chi connectivity index (χ3n) is 4.41. The summed E-state index contributed by atoms with van der Waals surface area (Å²) in [6, 6.07) is 0.494. The van der Waals surface area contributed by atoms with Gasteiger partial charge in [0.1, 0.15) is 5.67 Å². The van der Waals surface area contributed by atoms with Crippen LogP contribution in [0, 0.1) is 5.41 Å². The van der Waals surface area contributed by atoms with Gasteiger partial charge in [0.2, 0.25) is 0 Å². The predicted molar refractivity (Wildman–Crippen MR) is 82.9 cm³/mol. The summed E-state index contributed by atoms with van der Waals surface area (Å²) in [5.41, 5.74) is -0.657. The molecule has 0 bridgehead atoms. The molecule has 0 saturated carbocycles. The van der Waals surface area contributed by atoms with Crippen molar-refractivity contribution >= 4 is 0 Å². The number of nitrogens with zero attached hydrogens (tertiary/aromatic N) is 2. The Morgan fingerprint density at radius 3 is 2.35 bits per heavy atom. The first-order valence-electron chi connectivity index (χ1n) is 8.13. The van der Waals surface area contributed by atoms with Crippen molar-refractivity contribution < 1.29 is 4.39 Å². The van der Waals surface area contributed by atoms with Crippen LogP contribution in [0.3, 0.4) is 0 Å². The molecular weight excluding hydrogens is 253 g/mol. The number of alkyl halides is 1. The van der Waals surface area contributed by atoms with Crippen molar-refractivity contribution in [3.05, 3.63) is 0 Å². The minimum Gasteiger partial charge on any atom is -0.312 e. The lowest BCUT2D eigenvalue weighted by Crippen LogP contribution is -2.55. The van der Waals surface area contributed by atoms with Gasteiger partial charge in [-0.1, -0.05) is 20.8 Å². The topological polar surface area (TPSA) is 18.5 Å². The third kappa shape index (κ3) is 4.97. The van der Waals surface area contributed by atoms with Gasteiger partial charge in [0.05, 0.1) is 0 Å². The number of nitrogens with one attached hydrogen (secondary N) is 1. The van der Waals surface area contributed by atoms with Crippen LogP contribution in [0.1, 0.15) is 40.5 Å². The maximum Gasteiger partial charge on any atom is 0.126 e. The van der Waals surface area contributed by atoms with E-state index < -0.39 is 5.67 Å². The SMILES string of the molecule is C[C@H]1CN(CC2(F)CCN(CC(C)(C)C)CC2)CCN1. The maximum absolute atomic E-state index is 15.0. The Kier molecular flexibility index (Phi) is 5.09. The van der Waals surface area contributed by atoms with Gasteiger partial charge in [-0.2, -0.15) is 0 Å². The van der Waals surface area contributed by atoms with Gasteiger partial charge >= 0.3 is 0 Å². The summed E-state index contributed by atoms with van der Waals surface area (Å²) in [6.07, 6.45) is 1.39. The molecule has 0 aromatic heterocycles. The number of piperidine rings is 1. The molecule has 118 valence electrons. The number of likely N-dealkylation sites (tertiary alicyclic amines) is 1. The molecule has 0 aliphatic carbocycles. The number of hydrogen-bond acceptors (Lipinski definition) is 3. The summed E-state index contributed by atoms with van der Waals surface area (Å²) < 4.78 is 15.0. The van der Waals surface area contributed by atoms with Gasteiger partial charge in [-0.3, -0.25) is 4.90 Å². The molecule has 4 heteroatoms. The average Bonchev–Trinajstić information content (AvgIpc) is 2.31. The van der Waals surface area contributed by atoms with Gasteiger partial charge in [-0.05, 0) is 25.2 Å². The first-order chi connectivity index (χ1) is 9.26. The largest absolute Gasteiger partial charge is 0.312 e. The second-order valence-electron chi connectivity index (χ2n) is 8.08. The van der Waals surface area contributed by atoms with Crippen molar-refractivity contribution in [1.29, 1.82) is 0 Å². The summed E-state index contributed by atoms with van der Waals surface area (Å²) in [5.74, 6) is 0. The van der Waals surface area contributed by atoms with E-state index in [4.69, 9.17) is 0 Å². The Hall–Kier alpha value is -0.190. The molecule has 1 atom stereocenters. The highest BCUT2D eigenvalue weighted by Crippen LogP contribution is 2.29. The van der Waals surface area contributed by atoms with Crippen LogP contribution in [0.2, 0.25) is 0 Å². The highest BCUT2D eigenvalue weighted by Gasteiger charge is 2.37. The van der Waals surface area contributed by atoms with Crippen LogP contribution in [0.5, 0.6) is 0 Å². The minimum absolute atomic E-state index is 0.310. The number of hydrogen-bond donors (Lipinski definition) is 1. The van der Waals surface area contributed by atoms with Crippen LogP contribution in [0.25, 0.3) is 0 Å². The fourth-order valence-electron chi connectivity index (χ4n) is 3.50. The van der Waals surface area contributed by atoms with Crippen LogP contribution in [-0.2, 0) is 0 Å². The van der Waals surface area contributed by atoms with Crippen molar-refractivity contribution in [2.45, 2.75) is 52.2 Å². The zero-order valence-corrected chi connectivity index (χ0v) is 13.7. The lowest BCUT2D eigenvalue weighted by atomic mass is 9.89. The number of piperazine rings is 1. The first-order valence-corrected chi connectivity index (χ1v) is 8.13. The van der Waals surface area contributed by atoms with Crippen molar-refractivity contribution in [2.75, 3.05) is 45.8 Å². The molecule has 3 nitrogen and oxygen atoms in total. The Balaban J connectivity index is 1.79. The summed E-state index contributed by atoms with van der Waals surface area (Å²) in [7, 11) is 0. The second-order valence-corrected chi connectivity index (χ2v) is 8.08. The second kappa shape index (κ2) is 6.29. The van der Waals surface area contributed by atoms with E-state index in [2.05, 4.69) is 42.8 Å². The van der Waals surface area contributed by atoms with Crippen LogP contribution >= 0.6 is 0 Å². The van der Waals surface area contributed by atoms with Gasteiger partial charge in [-0.15, -0.1) is 0 Å². The molecule has 2 aliphatic rings. The van der Waals surface area contributed by atoms with Crippen LogP contribution in [0.4, 0.5) is 4.39 Å². The molecule has 0 aromatic rings. The van der Waals surface area contributed by atoms with E-state index in [1.807, 2.05) is 0 Å². The molecule has 2 aliphatic heterocycles. The quantitative estimate of drug-likeness (QED) is 0.857. The number of halogens is 1. The molecule has 0 unspecified atom stereocenters. The Morgan fingerprint density at radius 1 is 1.15 bits per heavy atom. The normalized spacial score (nSPS) is 29.6. The van der Waals surface area contributed by atoms with E-state index in [0.29, 0.717) is 30.8 Å². The zero-order valence-electron chi connectivity index (χ0n) is 13.7. The number of rotatable bonds is 3. The maximum atomic E-state index is 15.0. The smallest absolute Gasteiger partial charge is 0.126 e. The Bertz CT molecular complexity index is 305. The summed E-state index contributed by atoms with van der Waals surface area (Å²) >= 11 is 0. The van der Waals surface area contributed by atoms with E-state index in [-0.39, 0.29) is 0 Å². The van der Waals surface area contributed by atoms with Gasteiger partial charge in [-0.25, -0.2) is 4.39 Å². The zero-order chi connectivity index (χ0) is 14.8. The molecule has 1 N–H and O–H groups in total. The fourth-order valence-corrected chi connectivity index (χ4v) is 3.50. The van der Waals surface area contributed by atoms with Crippen molar-refractivity contribution in [3.63, 3.8) is 0 Å². The van der Waals surface area contributed by atoms with Crippen LogP contribution in [0.15, 0.2) is 0 Å². The molecule has 2 fully saturated rings. The summed E-state index contributed by atoms with van der Waals surface area (Å²) in [4.78, 5) is 4.73. The van der Waals surface area contributed by atoms with Gasteiger partial charge in [0, 0.05) is 51.9 Å². The van der Waals surface area contributed by atoms with Gasteiger partial charge in [0.25, 0.3) is 0 Å². The molecule has 0 radical (unpaired) electrons. The lowest BCUT2D eigenvalue weighted by molar-refractivity contribution is 0.00970. The predicted octanol–water partition coefficient (Wildman–Crippen LogP) is 2.13. The Morgan fingerprint density at radius 2 is 1.80 bits per heavy atom. The standard InChI is InChI=1S/C16H32FN3/c1-14-11-20(10-7-18-14)13-16(17)5-8-19(9-6-16)12-15(2,3)4/h14,18H,5-13H2,1-4H3/t14-/m0/s1. The van der Waals surface area contributed by atoms with E-state index >= 15 is 4.39 Å². The van der Waals surface area contributed by atoms with Crippen molar-refractivity contribution in [1.82, 2.24) is 15.1 Å². The molecule has 2 rings (SSSR count). The molecule has 2 saturated heterocycles. The highest BCUT2D eigenvalue weighted by molar-refractivity contribution is 4.91. The Labute approximate surface area is 123 Å². The average molecular weight is 285 g/mol. The van der Waals surface area contributed by atoms with E-state index in [1.165, 1.54) is 0 Å². The molecule has 2 heterocycles. The molecule has 0 aromatic carbocycles. The van der Waals surface area contributed by atoms with Crippen molar-refractivity contribution in [2.24, 2.45) is 5.41 Å². The highest BCUT2D eigenvalue weighted by atomic mass is 19.1. The molecule has 0 spiro atoms. The minimum atomic E-state index is -0.967. The van der Waals surface area contributed by atoms with E-state index in [9.17, 15) is 0 Å². The van der Waals surface area contributed by atoms with Crippen molar-refractivity contribution in [3.8, 4) is 0 Å². The van der Waals surface area contributed by atoms with E-state index in [1.54, 1.807) is 0 Å². The lowest BCUT2D eigenvalue weighted by Gasteiger charge is -2.42. The van der Waals surface area contributed by atoms with E-state index in [0.717, 1.165) is 39.3 Å². The van der Waals surface area contributed by atoms with Crippen LogP contribution in [-0.4, -0.2) is 67.3 Å². The summed E-state index contributed by atoms with van der Waals surface area (Å²) in [5, 5.41) is 3.42. The fraction of sp³-hybridized carbons (Fsp3) is 1.00. The van der Waals surface area contributed by atoms with Gasteiger partial charge < -0.3 is 10.2 Å². The van der Waals surface area contributed by atoms with Gasteiger partial charge in [0.15, 0.2) is 0 Å². The molecule has 0 amide bonds. The third-order valence-corrected chi connectivity index (χ3v) is 4.41.